The first-order chi connectivity index (χ1) is 15.6. The van der Waals surface area contributed by atoms with Crippen LogP contribution in [0.5, 0.6) is 5.75 Å². The smallest absolute Gasteiger partial charge is 0.279 e. The molecule has 0 fully saturated rings. The van der Waals surface area contributed by atoms with Crippen LogP contribution in [-0.2, 0) is 10.5 Å². The lowest BCUT2D eigenvalue weighted by Gasteiger charge is -2.45. The number of nitrogens with one attached hydrogen (secondary N) is 1. The van der Waals surface area contributed by atoms with Gasteiger partial charge in [-0.05, 0) is 48.9 Å². The summed E-state index contributed by atoms with van der Waals surface area (Å²) in [4.78, 5) is 31.5. The highest BCUT2D eigenvalue weighted by molar-refractivity contribution is 6.22. The summed E-state index contributed by atoms with van der Waals surface area (Å²) in [6, 6.07) is 22.3. The molecule has 3 aromatic carbocycles. The number of carbonyl (C=O) groups is 2. The molecule has 2 heterocycles. The zero-order valence-electron chi connectivity index (χ0n) is 18.2. The first-order valence-corrected chi connectivity index (χ1v) is 10.9. The normalized spacial score (nSPS) is 19.1. The molecule has 0 aliphatic carbocycles. The predicted octanol–water partition coefficient (Wildman–Crippen LogP) is 4.77. The Morgan fingerprint density at radius 2 is 1.66 bits per heavy atom. The van der Waals surface area contributed by atoms with Crippen molar-refractivity contribution in [2.24, 2.45) is 0 Å². The van der Waals surface area contributed by atoms with Gasteiger partial charge in [0.15, 0.2) is 0 Å². The number of para-hydroxylation sites is 2. The summed E-state index contributed by atoms with van der Waals surface area (Å²) in [5.41, 5.74) is 2.07. The van der Waals surface area contributed by atoms with Gasteiger partial charge in [-0.25, -0.2) is 0 Å². The van der Waals surface area contributed by atoms with E-state index in [1.54, 1.807) is 30.2 Å². The third-order valence-electron chi connectivity index (χ3n) is 6.22. The molecule has 0 unspecified atom stereocenters. The summed E-state index contributed by atoms with van der Waals surface area (Å²) in [5.74, 6) is 0.319. The van der Waals surface area contributed by atoms with E-state index in [0.717, 1.165) is 24.1 Å². The highest BCUT2D eigenvalue weighted by atomic mass is 16.5. The van der Waals surface area contributed by atoms with E-state index in [1.807, 2.05) is 59.5 Å². The van der Waals surface area contributed by atoms with E-state index in [0.29, 0.717) is 29.2 Å². The van der Waals surface area contributed by atoms with Crippen LogP contribution in [0.25, 0.3) is 0 Å². The maximum absolute atomic E-state index is 14.2. The number of hydrogen-bond acceptors (Lipinski definition) is 4. The fourth-order valence-corrected chi connectivity index (χ4v) is 4.65. The van der Waals surface area contributed by atoms with Gasteiger partial charge in [-0.2, -0.15) is 0 Å². The lowest BCUT2D eigenvalue weighted by Crippen LogP contribution is -2.63. The summed E-state index contributed by atoms with van der Waals surface area (Å²) in [6.45, 7) is 2.70. The van der Waals surface area contributed by atoms with Crippen LogP contribution in [0, 0.1) is 0 Å². The molecule has 5 rings (SSSR count). The van der Waals surface area contributed by atoms with Crippen LogP contribution in [0.4, 0.5) is 17.1 Å². The molecular weight excluding hydrogens is 402 g/mol. The second kappa shape index (κ2) is 7.71. The number of hydrogen-bond donors (Lipinski definition) is 1. The van der Waals surface area contributed by atoms with E-state index >= 15 is 0 Å². The lowest BCUT2D eigenvalue weighted by molar-refractivity contribution is -0.122. The van der Waals surface area contributed by atoms with Crippen LogP contribution < -0.4 is 19.9 Å². The SMILES string of the molecule is CCCCN1C(=O)[C@@]2(Nc3ccccc3C(=O)N2c2ccc(OC)cc2)c2ccccc21. The maximum atomic E-state index is 14.2. The van der Waals surface area contributed by atoms with Crippen LogP contribution in [0.2, 0.25) is 0 Å². The van der Waals surface area contributed by atoms with Gasteiger partial charge in [-0.3, -0.25) is 14.5 Å². The van der Waals surface area contributed by atoms with Gasteiger partial charge in [0, 0.05) is 23.5 Å². The van der Waals surface area contributed by atoms with Gasteiger partial charge in [0.2, 0.25) is 5.66 Å². The van der Waals surface area contributed by atoms with E-state index in [-0.39, 0.29) is 11.8 Å². The molecule has 0 bridgehead atoms. The molecule has 0 aromatic heterocycles. The number of unbranched alkanes of at least 4 members (excludes halogenated alkanes) is 1. The van der Waals surface area contributed by atoms with Crippen LogP contribution in [0.3, 0.4) is 0 Å². The molecule has 0 saturated heterocycles. The summed E-state index contributed by atoms with van der Waals surface area (Å²) < 4.78 is 5.30. The van der Waals surface area contributed by atoms with Gasteiger partial charge < -0.3 is 15.0 Å². The molecule has 3 aromatic rings. The second-order valence-corrected chi connectivity index (χ2v) is 8.05. The van der Waals surface area contributed by atoms with Gasteiger partial charge in [0.05, 0.1) is 18.4 Å². The van der Waals surface area contributed by atoms with Crippen molar-refractivity contribution >= 4 is 28.9 Å². The Morgan fingerprint density at radius 3 is 2.41 bits per heavy atom. The lowest BCUT2D eigenvalue weighted by atomic mass is 9.92. The zero-order valence-corrected chi connectivity index (χ0v) is 18.2. The number of methoxy groups -OCH3 is 1. The van der Waals surface area contributed by atoms with E-state index in [9.17, 15) is 9.59 Å². The quantitative estimate of drug-likeness (QED) is 0.637. The van der Waals surface area contributed by atoms with Crippen LogP contribution in [0.15, 0.2) is 72.8 Å². The van der Waals surface area contributed by atoms with Crippen molar-refractivity contribution in [3.63, 3.8) is 0 Å². The zero-order chi connectivity index (χ0) is 22.3. The predicted molar refractivity (Wildman–Crippen MR) is 125 cm³/mol. The molecule has 162 valence electrons. The Labute approximate surface area is 187 Å². The van der Waals surface area contributed by atoms with Gasteiger partial charge in [-0.15, -0.1) is 0 Å². The molecule has 2 aliphatic heterocycles. The monoisotopic (exact) mass is 427 g/mol. The topological polar surface area (TPSA) is 61.9 Å². The van der Waals surface area contributed by atoms with E-state index in [2.05, 4.69) is 12.2 Å². The minimum Gasteiger partial charge on any atom is -0.497 e. The average Bonchev–Trinajstić information content (AvgIpc) is 3.06. The Hall–Kier alpha value is -3.80. The standard InChI is InChI=1S/C26H25N3O3/c1-3-4-17-28-23-12-8-6-10-21(23)26(25(28)31)27-22-11-7-5-9-20(22)24(30)29(26)18-13-15-19(32-2)16-14-18/h5-16,27H,3-4,17H2,1-2H3/t26-/m1/s1. The number of anilines is 3. The van der Waals surface area contributed by atoms with E-state index in [4.69, 9.17) is 4.74 Å². The van der Waals surface area contributed by atoms with Gasteiger partial charge in [0.25, 0.3) is 11.8 Å². The minimum atomic E-state index is -1.36. The van der Waals surface area contributed by atoms with Crippen molar-refractivity contribution in [1.29, 1.82) is 0 Å². The molecule has 0 saturated carbocycles. The number of nitrogens with zero attached hydrogens (tertiary/aromatic N) is 2. The molecule has 1 spiro atoms. The molecule has 2 aliphatic rings. The number of carbonyl (C=O) groups excluding carboxylic acids is 2. The van der Waals surface area contributed by atoms with Crippen molar-refractivity contribution < 1.29 is 14.3 Å². The fourth-order valence-electron chi connectivity index (χ4n) is 4.65. The van der Waals surface area contributed by atoms with E-state index < -0.39 is 5.66 Å². The van der Waals surface area contributed by atoms with Crippen molar-refractivity contribution in [2.75, 3.05) is 28.8 Å². The summed E-state index contributed by atoms with van der Waals surface area (Å²) in [7, 11) is 1.60. The van der Waals surface area contributed by atoms with Crippen LogP contribution in [0.1, 0.15) is 35.7 Å². The Balaban J connectivity index is 1.75. The Morgan fingerprint density at radius 1 is 0.938 bits per heavy atom. The third-order valence-corrected chi connectivity index (χ3v) is 6.22. The Kier molecular flexibility index (Phi) is 4.85. The minimum absolute atomic E-state index is 0.147. The average molecular weight is 428 g/mol. The van der Waals surface area contributed by atoms with Crippen molar-refractivity contribution in [3.8, 4) is 5.75 Å². The van der Waals surface area contributed by atoms with Crippen molar-refractivity contribution in [3.05, 3.63) is 83.9 Å². The van der Waals surface area contributed by atoms with Gasteiger partial charge in [0.1, 0.15) is 5.75 Å². The number of amides is 2. The number of fused-ring (bicyclic) bond motifs is 3. The molecule has 6 nitrogen and oxygen atoms in total. The maximum Gasteiger partial charge on any atom is 0.279 e. The van der Waals surface area contributed by atoms with Crippen molar-refractivity contribution in [1.82, 2.24) is 0 Å². The molecule has 6 heteroatoms. The highest BCUT2D eigenvalue weighted by Crippen LogP contribution is 2.49. The fraction of sp³-hybridized carbons (Fsp3) is 0.231. The molecule has 1 N–H and O–H groups in total. The Bertz CT molecular complexity index is 1190. The molecule has 1 atom stereocenters. The number of ether oxygens (including phenoxy) is 1. The molecule has 0 radical (unpaired) electrons. The third kappa shape index (κ3) is 2.79. The first-order valence-electron chi connectivity index (χ1n) is 10.9. The van der Waals surface area contributed by atoms with Gasteiger partial charge >= 0.3 is 0 Å². The largest absolute Gasteiger partial charge is 0.497 e. The highest BCUT2D eigenvalue weighted by Gasteiger charge is 2.59. The first kappa shape index (κ1) is 20.1. The van der Waals surface area contributed by atoms with E-state index in [1.165, 1.54) is 0 Å². The summed E-state index contributed by atoms with van der Waals surface area (Å²) >= 11 is 0. The van der Waals surface area contributed by atoms with Crippen molar-refractivity contribution in [2.45, 2.75) is 25.4 Å². The van der Waals surface area contributed by atoms with Crippen LogP contribution in [-0.4, -0.2) is 25.5 Å². The second-order valence-electron chi connectivity index (χ2n) is 8.05. The number of benzene rings is 3. The van der Waals surface area contributed by atoms with Gasteiger partial charge in [-0.1, -0.05) is 43.7 Å². The summed E-state index contributed by atoms with van der Waals surface area (Å²) in [6.07, 6.45) is 1.85. The number of rotatable bonds is 5. The summed E-state index contributed by atoms with van der Waals surface area (Å²) in [5, 5.41) is 3.47. The van der Waals surface area contributed by atoms with Crippen LogP contribution >= 0.6 is 0 Å². The molecular formula is C26H25N3O3. The molecule has 32 heavy (non-hydrogen) atoms. The molecule has 2 amide bonds.